The van der Waals surface area contributed by atoms with E-state index in [4.69, 9.17) is 5.11 Å². The molecule has 2 rings (SSSR count). The zero-order chi connectivity index (χ0) is 14.9. The van der Waals surface area contributed by atoms with E-state index in [1.54, 1.807) is 25.1 Å². The van der Waals surface area contributed by atoms with Gasteiger partial charge in [-0.1, -0.05) is 25.1 Å². The molecule has 0 radical (unpaired) electrons. The number of hydrogen-bond donors (Lipinski definition) is 1. The van der Waals surface area contributed by atoms with Gasteiger partial charge in [0.1, 0.15) is 0 Å². The highest BCUT2D eigenvalue weighted by Gasteiger charge is 2.39. The summed E-state index contributed by atoms with van der Waals surface area (Å²) in [7, 11) is 0. The van der Waals surface area contributed by atoms with E-state index in [1.807, 2.05) is 6.07 Å². The van der Waals surface area contributed by atoms with Gasteiger partial charge in [0.2, 0.25) is 5.78 Å². The van der Waals surface area contributed by atoms with E-state index < -0.39 is 29.9 Å². The molecular formula is C14H12O5S. The van der Waals surface area contributed by atoms with Gasteiger partial charge in [0.25, 0.3) is 0 Å². The van der Waals surface area contributed by atoms with Crippen LogP contribution in [-0.2, 0) is 14.4 Å². The third kappa shape index (κ3) is 2.65. The van der Waals surface area contributed by atoms with Crippen molar-refractivity contribution < 1.29 is 24.3 Å². The lowest BCUT2D eigenvalue weighted by molar-refractivity contribution is -0.150. The number of fused-ring (bicyclic) bond motifs is 1. The van der Waals surface area contributed by atoms with Crippen molar-refractivity contribution in [1.29, 1.82) is 0 Å². The van der Waals surface area contributed by atoms with E-state index in [9.17, 15) is 19.2 Å². The number of hydrogen-bond acceptors (Lipinski definition) is 5. The van der Waals surface area contributed by atoms with E-state index in [-0.39, 0.29) is 11.0 Å². The first-order valence-electron chi connectivity index (χ1n) is 6.00. The van der Waals surface area contributed by atoms with Crippen LogP contribution in [0.4, 0.5) is 0 Å². The first-order chi connectivity index (χ1) is 9.41. The molecule has 6 heteroatoms. The summed E-state index contributed by atoms with van der Waals surface area (Å²) >= 11 is 1.39. The highest BCUT2D eigenvalue weighted by Crippen LogP contribution is 2.38. The van der Waals surface area contributed by atoms with Gasteiger partial charge >= 0.3 is 5.97 Å². The number of ketones is 3. The molecule has 1 aliphatic rings. The lowest BCUT2D eigenvalue weighted by atomic mass is 9.88. The number of carboxylic acid groups (broad SMARTS) is 1. The maximum absolute atomic E-state index is 12.3. The van der Waals surface area contributed by atoms with Crippen LogP contribution in [0, 0.1) is 5.92 Å². The molecule has 1 aliphatic heterocycles. The Morgan fingerprint density at radius 1 is 1.25 bits per heavy atom. The first kappa shape index (κ1) is 14.5. The second-order valence-electron chi connectivity index (χ2n) is 4.53. The van der Waals surface area contributed by atoms with Gasteiger partial charge in [-0.15, -0.1) is 11.8 Å². The van der Waals surface area contributed by atoms with Crippen LogP contribution in [0.2, 0.25) is 0 Å². The Morgan fingerprint density at radius 3 is 2.55 bits per heavy atom. The van der Waals surface area contributed by atoms with Crippen molar-refractivity contribution in [2.45, 2.75) is 23.5 Å². The predicted molar refractivity (Wildman–Crippen MR) is 71.8 cm³/mol. The molecule has 0 aromatic heterocycles. The average molecular weight is 292 g/mol. The van der Waals surface area contributed by atoms with Crippen molar-refractivity contribution in [2.24, 2.45) is 5.92 Å². The molecule has 20 heavy (non-hydrogen) atoms. The van der Waals surface area contributed by atoms with Gasteiger partial charge in [-0.3, -0.25) is 14.4 Å². The number of carbonyl (C=O) groups excluding carboxylic acids is 3. The summed E-state index contributed by atoms with van der Waals surface area (Å²) < 4.78 is 0. The summed E-state index contributed by atoms with van der Waals surface area (Å²) in [5.41, 5.74) is 0.455. The lowest BCUT2D eigenvalue weighted by Crippen LogP contribution is -2.37. The number of carbonyl (C=O) groups is 4. The minimum absolute atomic E-state index is 0.313. The molecule has 1 aromatic carbocycles. The average Bonchev–Trinajstić information content (AvgIpc) is 2.38. The number of thioether (sulfide) groups is 1. The van der Waals surface area contributed by atoms with Gasteiger partial charge < -0.3 is 5.11 Å². The molecule has 1 N–H and O–H groups in total. The van der Waals surface area contributed by atoms with Crippen molar-refractivity contribution in [3.05, 3.63) is 29.8 Å². The third-order valence-corrected chi connectivity index (χ3v) is 4.39. The Morgan fingerprint density at radius 2 is 1.90 bits per heavy atom. The van der Waals surface area contributed by atoms with Crippen LogP contribution >= 0.6 is 11.8 Å². The van der Waals surface area contributed by atoms with Gasteiger partial charge in [-0.05, 0) is 6.07 Å². The summed E-state index contributed by atoms with van der Waals surface area (Å²) in [6, 6.07) is 6.95. The molecule has 0 bridgehead atoms. The second kappa shape index (κ2) is 5.58. The Balaban J connectivity index is 2.25. The zero-order valence-corrected chi connectivity index (χ0v) is 11.5. The van der Waals surface area contributed by atoms with Gasteiger partial charge in [0, 0.05) is 15.7 Å². The Kier molecular flexibility index (Phi) is 4.04. The molecule has 2 atom stereocenters. The molecule has 0 spiro atoms. The monoisotopic (exact) mass is 292 g/mol. The van der Waals surface area contributed by atoms with Crippen LogP contribution in [-0.4, -0.2) is 33.7 Å². The Hall–Kier alpha value is -1.95. The smallest absolute Gasteiger partial charge is 0.372 e. The molecule has 0 saturated heterocycles. The summed E-state index contributed by atoms with van der Waals surface area (Å²) in [4.78, 5) is 46.8. The van der Waals surface area contributed by atoms with Crippen LogP contribution in [0.1, 0.15) is 23.7 Å². The number of carboxylic acids is 1. The Bertz CT molecular complexity index is 607. The van der Waals surface area contributed by atoms with Crippen molar-refractivity contribution in [3.63, 3.8) is 0 Å². The SMILES string of the molecule is C[C@H]1Sc2ccccc2C(=O)[C@@H]1C(=O)CC(=O)C(=O)O. The van der Waals surface area contributed by atoms with Gasteiger partial charge in [-0.25, -0.2) is 4.79 Å². The standard InChI is InChI=1S/C14H12O5S/c1-7-12(9(15)6-10(16)14(18)19)13(17)8-4-2-3-5-11(8)20-7/h2-5,7,12H,6H2,1H3,(H,18,19)/t7-,12+/m1/s1. The van der Waals surface area contributed by atoms with E-state index in [0.29, 0.717) is 5.56 Å². The summed E-state index contributed by atoms with van der Waals surface area (Å²) in [5, 5.41) is 8.21. The molecule has 0 unspecified atom stereocenters. The van der Waals surface area contributed by atoms with Crippen molar-refractivity contribution in [1.82, 2.24) is 0 Å². The first-order valence-corrected chi connectivity index (χ1v) is 6.88. The second-order valence-corrected chi connectivity index (χ2v) is 5.95. The number of Topliss-reactive ketones (excluding diaryl/α,β-unsaturated/α-hetero) is 3. The molecule has 0 amide bonds. The lowest BCUT2D eigenvalue weighted by Gasteiger charge is -2.27. The van der Waals surface area contributed by atoms with E-state index in [0.717, 1.165) is 4.90 Å². The van der Waals surface area contributed by atoms with Crippen LogP contribution in [0.5, 0.6) is 0 Å². The molecule has 5 nitrogen and oxygen atoms in total. The van der Waals surface area contributed by atoms with E-state index in [2.05, 4.69) is 0 Å². The van der Waals surface area contributed by atoms with Crippen molar-refractivity contribution in [2.75, 3.05) is 0 Å². The van der Waals surface area contributed by atoms with Crippen LogP contribution < -0.4 is 0 Å². The van der Waals surface area contributed by atoms with Crippen molar-refractivity contribution in [3.8, 4) is 0 Å². The topological polar surface area (TPSA) is 88.5 Å². The van der Waals surface area contributed by atoms with Gasteiger partial charge in [-0.2, -0.15) is 0 Å². The maximum atomic E-state index is 12.3. The van der Waals surface area contributed by atoms with Crippen LogP contribution in [0.25, 0.3) is 0 Å². The quantitative estimate of drug-likeness (QED) is 0.669. The fraction of sp³-hybridized carbons (Fsp3) is 0.286. The molecule has 1 aromatic rings. The normalized spacial score (nSPS) is 21.1. The summed E-state index contributed by atoms with van der Waals surface area (Å²) in [5.74, 6) is -4.76. The maximum Gasteiger partial charge on any atom is 0.372 e. The highest BCUT2D eigenvalue weighted by molar-refractivity contribution is 8.00. The van der Waals surface area contributed by atoms with Crippen LogP contribution in [0.15, 0.2) is 29.2 Å². The van der Waals surface area contributed by atoms with Crippen LogP contribution in [0.3, 0.4) is 0 Å². The molecular weight excluding hydrogens is 280 g/mol. The largest absolute Gasteiger partial charge is 0.475 e. The molecule has 104 valence electrons. The highest BCUT2D eigenvalue weighted by atomic mass is 32.2. The third-order valence-electron chi connectivity index (χ3n) is 3.14. The molecule has 0 fully saturated rings. The number of benzene rings is 1. The number of rotatable bonds is 4. The van der Waals surface area contributed by atoms with E-state index in [1.165, 1.54) is 11.8 Å². The zero-order valence-electron chi connectivity index (χ0n) is 10.7. The van der Waals surface area contributed by atoms with Crippen molar-refractivity contribution >= 4 is 35.1 Å². The fourth-order valence-corrected chi connectivity index (χ4v) is 3.44. The molecule has 0 aliphatic carbocycles. The molecule has 0 saturated carbocycles. The minimum atomic E-state index is -1.65. The van der Waals surface area contributed by atoms with Gasteiger partial charge in [0.05, 0.1) is 12.3 Å². The fourth-order valence-electron chi connectivity index (χ4n) is 2.17. The summed E-state index contributed by atoms with van der Waals surface area (Å²) in [6.45, 7) is 1.73. The number of aliphatic carboxylic acids is 1. The Labute approximate surface area is 119 Å². The van der Waals surface area contributed by atoms with Gasteiger partial charge in [0.15, 0.2) is 11.6 Å². The minimum Gasteiger partial charge on any atom is -0.475 e. The van der Waals surface area contributed by atoms with E-state index >= 15 is 0 Å². The molecule has 1 heterocycles. The predicted octanol–water partition coefficient (Wildman–Crippen LogP) is 1.59. The summed E-state index contributed by atoms with van der Waals surface area (Å²) in [6.07, 6.45) is -0.737.